The zero-order chi connectivity index (χ0) is 11.4. The molecule has 0 radical (unpaired) electrons. The van der Waals surface area contributed by atoms with Gasteiger partial charge in [-0.2, -0.15) is 0 Å². The van der Waals surface area contributed by atoms with Gasteiger partial charge in [0.2, 0.25) is 0 Å². The Kier molecular flexibility index (Phi) is 4.03. The van der Waals surface area contributed by atoms with Crippen molar-refractivity contribution in [2.75, 3.05) is 7.11 Å². The molecule has 1 aromatic rings. The van der Waals surface area contributed by atoms with Crippen molar-refractivity contribution < 1.29 is 14.3 Å². The number of aldehydes is 1. The van der Waals surface area contributed by atoms with Gasteiger partial charge in [-0.05, 0) is 30.2 Å². The van der Waals surface area contributed by atoms with Crippen LogP contribution in [-0.4, -0.2) is 19.4 Å². The van der Waals surface area contributed by atoms with Gasteiger partial charge in [-0.25, -0.2) is 0 Å². The molecular weight excluding hydrogens is 260 g/mol. The Balaban J connectivity index is 3.15. The lowest BCUT2D eigenvalue weighted by atomic mass is 10.0. The number of benzene rings is 1. The zero-order valence-electron chi connectivity index (χ0n) is 8.54. The van der Waals surface area contributed by atoms with Gasteiger partial charge in [-0.1, -0.05) is 15.9 Å². The molecule has 0 fully saturated rings. The van der Waals surface area contributed by atoms with Crippen LogP contribution in [0, 0.1) is 6.92 Å². The molecule has 0 N–H and O–H groups in total. The zero-order valence-corrected chi connectivity index (χ0v) is 10.1. The normalized spacial score (nSPS) is 9.80. The Morgan fingerprint density at radius 1 is 1.53 bits per heavy atom. The van der Waals surface area contributed by atoms with Crippen LogP contribution in [0.4, 0.5) is 0 Å². The van der Waals surface area contributed by atoms with E-state index in [-0.39, 0.29) is 12.4 Å². The van der Waals surface area contributed by atoms with E-state index in [1.807, 2.05) is 13.0 Å². The number of esters is 1. The largest absolute Gasteiger partial charge is 0.469 e. The molecule has 0 atom stereocenters. The highest BCUT2D eigenvalue weighted by molar-refractivity contribution is 9.10. The summed E-state index contributed by atoms with van der Waals surface area (Å²) in [5.41, 5.74) is 2.16. The molecular formula is C11H11BrO3. The first-order valence-corrected chi connectivity index (χ1v) is 5.18. The van der Waals surface area contributed by atoms with Gasteiger partial charge in [-0.3, -0.25) is 9.59 Å². The fourth-order valence-corrected chi connectivity index (χ4v) is 2.04. The van der Waals surface area contributed by atoms with Crippen molar-refractivity contribution in [2.24, 2.45) is 0 Å². The number of rotatable bonds is 3. The molecule has 0 saturated heterocycles. The van der Waals surface area contributed by atoms with Crippen molar-refractivity contribution in [1.29, 1.82) is 0 Å². The van der Waals surface area contributed by atoms with E-state index >= 15 is 0 Å². The van der Waals surface area contributed by atoms with Crippen molar-refractivity contribution in [1.82, 2.24) is 0 Å². The van der Waals surface area contributed by atoms with E-state index in [4.69, 9.17) is 0 Å². The predicted octanol–water partition coefficient (Wildman–Crippen LogP) is 2.29. The van der Waals surface area contributed by atoms with Gasteiger partial charge >= 0.3 is 5.97 Å². The van der Waals surface area contributed by atoms with Crippen LogP contribution in [0.25, 0.3) is 0 Å². The molecule has 3 nitrogen and oxygen atoms in total. The number of carbonyl (C=O) groups is 2. The summed E-state index contributed by atoms with van der Waals surface area (Å²) in [4.78, 5) is 22.0. The average molecular weight is 271 g/mol. The van der Waals surface area contributed by atoms with Crippen LogP contribution in [-0.2, 0) is 16.0 Å². The Morgan fingerprint density at radius 2 is 2.20 bits per heavy atom. The van der Waals surface area contributed by atoms with Crippen molar-refractivity contribution in [3.63, 3.8) is 0 Å². The summed E-state index contributed by atoms with van der Waals surface area (Å²) in [6, 6.07) is 3.61. The van der Waals surface area contributed by atoms with E-state index in [0.29, 0.717) is 11.1 Å². The number of ether oxygens (including phenoxy) is 1. The van der Waals surface area contributed by atoms with Crippen LogP contribution in [0.5, 0.6) is 0 Å². The highest BCUT2D eigenvalue weighted by Crippen LogP contribution is 2.22. The topological polar surface area (TPSA) is 43.4 Å². The summed E-state index contributed by atoms with van der Waals surface area (Å²) in [5.74, 6) is -0.359. The Bertz CT molecular complexity index is 399. The lowest BCUT2D eigenvalue weighted by Gasteiger charge is -2.07. The number of methoxy groups -OCH3 is 1. The maximum absolute atomic E-state index is 11.1. The number of aryl methyl sites for hydroxylation is 1. The van der Waals surface area contributed by atoms with E-state index in [9.17, 15) is 9.59 Å². The van der Waals surface area contributed by atoms with Crippen LogP contribution in [0.2, 0.25) is 0 Å². The second-order valence-corrected chi connectivity index (χ2v) is 4.04. The smallest absolute Gasteiger partial charge is 0.310 e. The van der Waals surface area contributed by atoms with E-state index in [1.165, 1.54) is 7.11 Å². The molecule has 0 heterocycles. The average Bonchev–Trinajstić information content (AvgIpc) is 2.21. The van der Waals surface area contributed by atoms with Crippen LogP contribution in [0.15, 0.2) is 16.6 Å². The number of carbonyl (C=O) groups excluding carboxylic acids is 2. The quantitative estimate of drug-likeness (QED) is 0.625. The maximum Gasteiger partial charge on any atom is 0.310 e. The number of hydrogen-bond acceptors (Lipinski definition) is 3. The molecule has 1 aromatic carbocycles. The minimum Gasteiger partial charge on any atom is -0.469 e. The second kappa shape index (κ2) is 5.07. The Labute approximate surface area is 96.6 Å². The molecule has 80 valence electrons. The fraction of sp³-hybridized carbons (Fsp3) is 0.273. The molecule has 0 aliphatic heterocycles. The first-order valence-electron chi connectivity index (χ1n) is 4.39. The second-order valence-electron chi connectivity index (χ2n) is 3.19. The Morgan fingerprint density at radius 3 is 2.73 bits per heavy atom. The summed E-state index contributed by atoms with van der Waals surface area (Å²) in [7, 11) is 1.32. The maximum atomic E-state index is 11.1. The molecule has 0 bridgehead atoms. The van der Waals surface area contributed by atoms with Crippen LogP contribution in [0.3, 0.4) is 0 Å². The fourth-order valence-electron chi connectivity index (χ4n) is 1.31. The van der Waals surface area contributed by atoms with Gasteiger partial charge in [0.05, 0.1) is 13.5 Å². The molecule has 15 heavy (non-hydrogen) atoms. The molecule has 0 amide bonds. The van der Waals surface area contributed by atoms with Crippen molar-refractivity contribution in [3.05, 3.63) is 33.3 Å². The molecule has 0 aliphatic carbocycles. The number of hydrogen-bond donors (Lipinski definition) is 0. The van der Waals surface area contributed by atoms with Crippen molar-refractivity contribution >= 4 is 28.2 Å². The van der Waals surface area contributed by atoms with Crippen LogP contribution < -0.4 is 0 Å². The third kappa shape index (κ3) is 2.89. The van der Waals surface area contributed by atoms with Gasteiger partial charge < -0.3 is 4.74 Å². The summed E-state index contributed by atoms with van der Waals surface area (Å²) < 4.78 is 5.32. The van der Waals surface area contributed by atoms with Gasteiger partial charge in [-0.15, -0.1) is 0 Å². The molecule has 0 spiro atoms. The van der Waals surface area contributed by atoms with Crippen molar-refractivity contribution in [2.45, 2.75) is 13.3 Å². The number of halogens is 1. The van der Waals surface area contributed by atoms with E-state index in [2.05, 4.69) is 20.7 Å². The van der Waals surface area contributed by atoms with Gasteiger partial charge in [0.1, 0.15) is 6.29 Å². The van der Waals surface area contributed by atoms with Crippen LogP contribution in [0.1, 0.15) is 21.5 Å². The predicted molar refractivity (Wildman–Crippen MR) is 60.0 cm³/mol. The molecule has 4 heteroatoms. The third-order valence-electron chi connectivity index (χ3n) is 2.05. The lowest BCUT2D eigenvalue weighted by molar-refractivity contribution is -0.139. The van der Waals surface area contributed by atoms with E-state index in [0.717, 1.165) is 16.3 Å². The van der Waals surface area contributed by atoms with Crippen LogP contribution >= 0.6 is 15.9 Å². The molecule has 0 aromatic heterocycles. The van der Waals surface area contributed by atoms with E-state index < -0.39 is 0 Å². The van der Waals surface area contributed by atoms with Gasteiger partial charge in [0.15, 0.2) is 0 Å². The summed E-state index contributed by atoms with van der Waals surface area (Å²) in [6.45, 7) is 1.89. The van der Waals surface area contributed by atoms with Gasteiger partial charge in [0.25, 0.3) is 0 Å². The highest BCUT2D eigenvalue weighted by Gasteiger charge is 2.12. The highest BCUT2D eigenvalue weighted by atomic mass is 79.9. The Hall–Kier alpha value is -1.16. The minimum absolute atomic E-state index is 0.103. The SMILES string of the molecule is COC(=O)Cc1c(Br)cc(C)cc1C=O. The van der Waals surface area contributed by atoms with E-state index in [1.54, 1.807) is 6.07 Å². The van der Waals surface area contributed by atoms with Gasteiger partial charge in [0, 0.05) is 10.0 Å². The molecule has 0 saturated carbocycles. The summed E-state index contributed by atoms with van der Waals surface area (Å²) >= 11 is 3.33. The minimum atomic E-state index is -0.359. The van der Waals surface area contributed by atoms with Crippen molar-refractivity contribution in [3.8, 4) is 0 Å². The molecule has 1 rings (SSSR count). The lowest BCUT2D eigenvalue weighted by Crippen LogP contribution is -2.07. The molecule has 0 aliphatic rings. The monoisotopic (exact) mass is 270 g/mol. The summed E-state index contributed by atoms with van der Waals surface area (Å²) in [6.07, 6.45) is 0.849. The standard InChI is InChI=1S/C11H11BrO3/c1-7-3-8(6-13)9(10(12)4-7)5-11(14)15-2/h3-4,6H,5H2,1-2H3. The molecule has 0 unspecified atom stereocenters. The first kappa shape index (κ1) is 11.9. The summed E-state index contributed by atoms with van der Waals surface area (Å²) in [5, 5.41) is 0. The first-order chi connectivity index (χ1) is 7.08. The third-order valence-corrected chi connectivity index (χ3v) is 2.76.